The fraction of sp³-hybridized carbons (Fsp3) is 0.462. The Balaban J connectivity index is 1.77. The van der Waals surface area contributed by atoms with Crippen molar-refractivity contribution in [3.8, 4) is 0 Å². The summed E-state index contributed by atoms with van der Waals surface area (Å²) in [5.41, 5.74) is 0.369. The molecule has 2 fully saturated rings. The first-order valence-electron chi connectivity index (χ1n) is 6.39. The largest absolute Gasteiger partial charge is 0.338 e. The summed E-state index contributed by atoms with van der Waals surface area (Å²) < 4.78 is 0. The summed E-state index contributed by atoms with van der Waals surface area (Å²) in [7, 11) is 0. The number of hydrogen-bond acceptors (Lipinski definition) is 4. The van der Waals surface area contributed by atoms with Crippen LogP contribution >= 0.6 is 0 Å². The van der Waals surface area contributed by atoms with E-state index < -0.39 is 4.92 Å². The third-order valence-electron chi connectivity index (χ3n) is 3.98. The van der Waals surface area contributed by atoms with Crippen molar-refractivity contribution in [2.45, 2.75) is 0 Å². The molecule has 0 aromatic heterocycles. The zero-order chi connectivity index (χ0) is 13.4. The van der Waals surface area contributed by atoms with Gasteiger partial charge in [0, 0.05) is 43.9 Å². The van der Waals surface area contributed by atoms with E-state index in [1.807, 2.05) is 4.90 Å². The first-order chi connectivity index (χ1) is 9.15. The Morgan fingerprint density at radius 1 is 1.32 bits per heavy atom. The van der Waals surface area contributed by atoms with Crippen LogP contribution in [0.3, 0.4) is 0 Å². The zero-order valence-corrected chi connectivity index (χ0v) is 10.4. The Bertz CT molecular complexity index is 520. The number of nitro groups is 1. The highest BCUT2D eigenvalue weighted by Gasteiger charge is 2.38. The summed E-state index contributed by atoms with van der Waals surface area (Å²) in [4.78, 5) is 24.4. The molecule has 0 saturated carbocycles. The van der Waals surface area contributed by atoms with Crippen LogP contribution in [0.15, 0.2) is 24.3 Å². The lowest BCUT2D eigenvalue weighted by Gasteiger charge is -2.17. The van der Waals surface area contributed by atoms with Crippen LogP contribution in [0.25, 0.3) is 0 Å². The molecule has 2 aliphatic rings. The maximum absolute atomic E-state index is 12.3. The van der Waals surface area contributed by atoms with E-state index in [2.05, 4.69) is 5.32 Å². The Morgan fingerprint density at radius 2 is 2.00 bits per heavy atom. The van der Waals surface area contributed by atoms with Gasteiger partial charge in [-0.2, -0.15) is 0 Å². The second-order valence-corrected chi connectivity index (χ2v) is 5.20. The van der Waals surface area contributed by atoms with Gasteiger partial charge in [0.1, 0.15) is 0 Å². The topological polar surface area (TPSA) is 75.5 Å². The second-order valence-electron chi connectivity index (χ2n) is 5.20. The minimum atomic E-state index is -0.473. The molecule has 2 atom stereocenters. The number of fused-ring (bicyclic) bond motifs is 1. The van der Waals surface area contributed by atoms with E-state index in [0.29, 0.717) is 17.4 Å². The van der Waals surface area contributed by atoms with Gasteiger partial charge in [-0.25, -0.2) is 0 Å². The lowest BCUT2D eigenvalue weighted by atomic mass is 10.0. The number of amides is 1. The quantitative estimate of drug-likeness (QED) is 0.633. The van der Waals surface area contributed by atoms with Gasteiger partial charge in [0.05, 0.1) is 4.92 Å². The molecule has 0 bridgehead atoms. The number of carbonyl (C=O) groups excluding carboxylic acids is 1. The van der Waals surface area contributed by atoms with E-state index in [4.69, 9.17) is 0 Å². The fourth-order valence-electron chi connectivity index (χ4n) is 2.96. The number of likely N-dealkylation sites (tertiary alicyclic amines) is 1. The van der Waals surface area contributed by atoms with Gasteiger partial charge in [-0.15, -0.1) is 0 Å². The molecule has 0 spiro atoms. The Morgan fingerprint density at radius 3 is 2.63 bits per heavy atom. The fourth-order valence-corrected chi connectivity index (χ4v) is 2.96. The molecule has 2 heterocycles. The van der Waals surface area contributed by atoms with Crippen LogP contribution in [-0.4, -0.2) is 41.9 Å². The maximum atomic E-state index is 12.3. The van der Waals surface area contributed by atoms with E-state index in [-0.39, 0.29) is 11.6 Å². The van der Waals surface area contributed by atoms with Crippen molar-refractivity contribution in [3.05, 3.63) is 39.9 Å². The molecule has 2 aliphatic heterocycles. The SMILES string of the molecule is O=C(c1cccc([N+](=O)[O-])c1)N1C[C@H]2CNC[C@H]2C1. The normalized spacial score (nSPS) is 25.4. The average molecular weight is 261 g/mol. The number of carbonyl (C=O) groups is 1. The third kappa shape index (κ3) is 2.19. The second kappa shape index (κ2) is 4.62. The van der Waals surface area contributed by atoms with Gasteiger partial charge >= 0.3 is 0 Å². The van der Waals surface area contributed by atoms with Gasteiger partial charge < -0.3 is 10.2 Å². The molecule has 0 unspecified atom stereocenters. The Labute approximate surface area is 110 Å². The van der Waals surface area contributed by atoms with E-state index in [0.717, 1.165) is 26.2 Å². The molecular formula is C13H15N3O3. The molecule has 1 N–H and O–H groups in total. The summed E-state index contributed by atoms with van der Waals surface area (Å²) in [5.74, 6) is 0.961. The summed E-state index contributed by atoms with van der Waals surface area (Å²) in [6.07, 6.45) is 0. The van der Waals surface area contributed by atoms with Crippen LogP contribution in [0.2, 0.25) is 0 Å². The van der Waals surface area contributed by atoms with Crippen molar-refractivity contribution in [1.82, 2.24) is 10.2 Å². The molecule has 2 saturated heterocycles. The van der Waals surface area contributed by atoms with Crippen molar-refractivity contribution in [2.75, 3.05) is 26.2 Å². The molecule has 1 amide bonds. The highest BCUT2D eigenvalue weighted by molar-refractivity contribution is 5.95. The van der Waals surface area contributed by atoms with E-state index >= 15 is 0 Å². The highest BCUT2D eigenvalue weighted by atomic mass is 16.6. The number of nitrogens with one attached hydrogen (secondary N) is 1. The Kier molecular flexibility index (Phi) is 2.94. The monoisotopic (exact) mass is 261 g/mol. The average Bonchev–Trinajstić information content (AvgIpc) is 2.98. The van der Waals surface area contributed by atoms with Gasteiger partial charge in [0.2, 0.25) is 0 Å². The van der Waals surface area contributed by atoms with Gasteiger partial charge in [-0.3, -0.25) is 14.9 Å². The summed E-state index contributed by atoms with van der Waals surface area (Å²) in [6.45, 7) is 3.42. The van der Waals surface area contributed by atoms with Gasteiger partial charge in [0.15, 0.2) is 0 Å². The minimum Gasteiger partial charge on any atom is -0.338 e. The van der Waals surface area contributed by atoms with Crippen molar-refractivity contribution < 1.29 is 9.72 Å². The summed E-state index contributed by atoms with van der Waals surface area (Å²) in [6, 6.07) is 5.96. The van der Waals surface area contributed by atoms with Gasteiger partial charge in [-0.05, 0) is 17.9 Å². The summed E-state index contributed by atoms with van der Waals surface area (Å²) in [5, 5.41) is 14.0. The number of non-ortho nitro benzene ring substituents is 1. The van der Waals surface area contributed by atoms with Crippen molar-refractivity contribution in [3.63, 3.8) is 0 Å². The van der Waals surface area contributed by atoms with Gasteiger partial charge in [0.25, 0.3) is 11.6 Å². The van der Waals surface area contributed by atoms with Crippen LogP contribution < -0.4 is 5.32 Å². The number of hydrogen-bond donors (Lipinski definition) is 1. The molecule has 1 aromatic rings. The first-order valence-corrected chi connectivity index (χ1v) is 6.39. The molecular weight excluding hydrogens is 246 g/mol. The van der Waals surface area contributed by atoms with Crippen LogP contribution in [0, 0.1) is 22.0 Å². The predicted octanol–water partition coefficient (Wildman–Crippen LogP) is 0.886. The van der Waals surface area contributed by atoms with Crippen LogP contribution in [0.5, 0.6) is 0 Å². The lowest BCUT2D eigenvalue weighted by molar-refractivity contribution is -0.384. The molecule has 6 nitrogen and oxygen atoms in total. The molecule has 6 heteroatoms. The smallest absolute Gasteiger partial charge is 0.270 e. The van der Waals surface area contributed by atoms with Crippen molar-refractivity contribution >= 4 is 11.6 Å². The third-order valence-corrected chi connectivity index (χ3v) is 3.98. The van der Waals surface area contributed by atoms with Crippen molar-refractivity contribution in [1.29, 1.82) is 0 Å². The molecule has 100 valence electrons. The number of nitro benzene ring substituents is 1. The Hall–Kier alpha value is -1.95. The molecule has 1 aromatic carbocycles. The molecule has 0 radical (unpaired) electrons. The first kappa shape index (κ1) is 12.1. The van der Waals surface area contributed by atoms with E-state index in [1.165, 1.54) is 12.1 Å². The molecule has 19 heavy (non-hydrogen) atoms. The maximum Gasteiger partial charge on any atom is 0.270 e. The number of nitrogens with zero attached hydrogens (tertiary/aromatic N) is 2. The van der Waals surface area contributed by atoms with Crippen molar-refractivity contribution in [2.24, 2.45) is 11.8 Å². The predicted molar refractivity (Wildman–Crippen MR) is 68.8 cm³/mol. The van der Waals surface area contributed by atoms with E-state index in [9.17, 15) is 14.9 Å². The standard InChI is InChI=1S/C13H15N3O3/c17-13(9-2-1-3-12(4-9)16(18)19)15-7-10-5-14-6-11(10)8-15/h1-4,10-11,14H,5-8H2/t10-,11+. The number of rotatable bonds is 2. The van der Waals surface area contributed by atoms with Crippen LogP contribution in [0.1, 0.15) is 10.4 Å². The lowest BCUT2D eigenvalue weighted by Crippen LogP contribution is -2.31. The van der Waals surface area contributed by atoms with Gasteiger partial charge in [-0.1, -0.05) is 6.07 Å². The molecule has 0 aliphatic carbocycles. The van der Waals surface area contributed by atoms with Crippen LogP contribution in [-0.2, 0) is 0 Å². The summed E-state index contributed by atoms with van der Waals surface area (Å²) >= 11 is 0. The number of benzene rings is 1. The minimum absolute atomic E-state index is 0.0353. The van der Waals surface area contributed by atoms with E-state index in [1.54, 1.807) is 12.1 Å². The highest BCUT2D eigenvalue weighted by Crippen LogP contribution is 2.27. The zero-order valence-electron chi connectivity index (χ0n) is 10.4. The van der Waals surface area contributed by atoms with Crippen LogP contribution in [0.4, 0.5) is 5.69 Å². The molecule has 3 rings (SSSR count).